The lowest BCUT2D eigenvalue weighted by atomic mass is 10.1. The van der Waals surface area contributed by atoms with Crippen LogP contribution in [0.1, 0.15) is 103 Å². The Balaban J connectivity index is 3.15. The molecular weight excluding hydrogens is 316 g/mol. The van der Waals surface area contributed by atoms with Gasteiger partial charge >= 0.3 is 5.97 Å². The molecule has 0 fully saturated rings. The lowest BCUT2D eigenvalue weighted by Gasteiger charge is -2.02. The Kier molecular flexibility index (Phi) is 20.2. The zero-order valence-electron chi connectivity index (χ0n) is 15.9. The number of carbonyl (C=O) groups is 1. The Labute approximate surface area is 156 Å². The first-order valence-electron chi connectivity index (χ1n) is 10.2. The second-order valence-electron chi connectivity index (χ2n) is 6.63. The van der Waals surface area contributed by atoms with E-state index in [-0.39, 0.29) is 5.97 Å². The quantitative estimate of drug-likeness (QED) is 0.125. The van der Waals surface area contributed by atoms with Crippen molar-refractivity contribution in [3.8, 4) is 0 Å². The van der Waals surface area contributed by atoms with Crippen molar-refractivity contribution in [2.75, 3.05) is 12.4 Å². The molecule has 0 aromatic rings. The van der Waals surface area contributed by atoms with Crippen LogP contribution in [-0.2, 0) is 9.53 Å². The highest BCUT2D eigenvalue weighted by Gasteiger charge is 2.00. The van der Waals surface area contributed by atoms with E-state index >= 15 is 0 Å². The molecule has 2 nitrogen and oxygen atoms in total. The lowest BCUT2D eigenvalue weighted by molar-refractivity contribution is -0.143. The average molecular weight is 357 g/mol. The Bertz CT molecular complexity index is 290. The van der Waals surface area contributed by atoms with E-state index in [4.69, 9.17) is 4.74 Å². The van der Waals surface area contributed by atoms with Gasteiger partial charge in [-0.15, -0.1) is 0 Å². The second-order valence-corrected chi connectivity index (χ2v) is 7.08. The first kappa shape index (κ1) is 23.6. The Morgan fingerprint density at radius 2 is 1.29 bits per heavy atom. The molecule has 0 aromatic carbocycles. The third kappa shape index (κ3) is 19.6. The summed E-state index contributed by atoms with van der Waals surface area (Å²) in [5.41, 5.74) is 0. The minimum absolute atomic E-state index is 0.0787. The normalized spacial score (nSPS) is 11.2. The molecule has 0 rings (SSSR count). The topological polar surface area (TPSA) is 26.3 Å². The predicted molar refractivity (Wildman–Crippen MR) is 109 cm³/mol. The highest BCUT2D eigenvalue weighted by Crippen LogP contribution is 2.11. The van der Waals surface area contributed by atoms with Crippen molar-refractivity contribution in [3.63, 3.8) is 0 Å². The van der Waals surface area contributed by atoms with Crippen molar-refractivity contribution >= 4 is 18.6 Å². The van der Waals surface area contributed by atoms with E-state index in [0.29, 0.717) is 18.8 Å². The number of ether oxygens (including phenoxy) is 1. The lowest BCUT2D eigenvalue weighted by Crippen LogP contribution is -2.06. The number of rotatable bonds is 18. The molecule has 0 aromatic heterocycles. The summed E-state index contributed by atoms with van der Waals surface area (Å²) in [6.07, 6.45) is 23.4. The smallest absolute Gasteiger partial charge is 0.305 e. The minimum atomic E-state index is -0.0787. The summed E-state index contributed by atoms with van der Waals surface area (Å²) in [5.74, 6) is 0.528. The van der Waals surface area contributed by atoms with E-state index in [9.17, 15) is 4.79 Å². The molecule has 0 spiro atoms. The molecule has 0 bridgehead atoms. The summed E-state index contributed by atoms with van der Waals surface area (Å²) in [5, 5.41) is 0. The molecule has 0 aliphatic heterocycles. The van der Waals surface area contributed by atoms with E-state index in [2.05, 4.69) is 31.7 Å². The number of carbonyl (C=O) groups excluding carboxylic acids is 1. The number of thiol groups is 1. The molecular formula is C21H40O2S. The van der Waals surface area contributed by atoms with E-state index in [0.717, 1.165) is 19.3 Å². The van der Waals surface area contributed by atoms with Crippen LogP contribution >= 0.6 is 12.6 Å². The first-order valence-corrected chi connectivity index (χ1v) is 10.9. The SMILES string of the molecule is CCCCCCCCCCC/C=C/CCCCCC(=O)OCCS. The van der Waals surface area contributed by atoms with Gasteiger partial charge in [0.15, 0.2) is 0 Å². The van der Waals surface area contributed by atoms with Gasteiger partial charge in [0.2, 0.25) is 0 Å². The molecule has 0 atom stereocenters. The summed E-state index contributed by atoms with van der Waals surface area (Å²) < 4.78 is 4.99. The number of unbranched alkanes of at least 4 members (excludes halogenated alkanes) is 12. The molecule has 24 heavy (non-hydrogen) atoms. The van der Waals surface area contributed by atoms with Gasteiger partial charge in [-0.05, 0) is 32.1 Å². The minimum Gasteiger partial charge on any atom is -0.465 e. The maximum atomic E-state index is 11.3. The van der Waals surface area contributed by atoms with Crippen molar-refractivity contribution in [3.05, 3.63) is 12.2 Å². The van der Waals surface area contributed by atoms with Crippen LogP contribution < -0.4 is 0 Å². The van der Waals surface area contributed by atoms with Crippen molar-refractivity contribution in [2.24, 2.45) is 0 Å². The van der Waals surface area contributed by atoms with Gasteiger partial charge in [-0.2, -0.15) is 12.6 Å². The van der Waals surface area contributed by atoms with E-state index in [1.165, 1.54) is 70.6 Å². The van der Waals surface area contributed by atoms with Crippen molar-refractivity contribution in [2.45, 2.75) is 103 Å². The predicted octanol–water partition coefficient (Wildman–Crippen LogP) is 6.89. The molecule has 0 N–H and O–H groups in total. The van der Waals surface area contributed by atoms with E-state index < -0.39 is 0 Å². The van der Waals surface area contributed by atoms with Crippen LogP contribution in [-0.4, -0.2) is 18.3 Å². The Hall–Kier alpha value is -0.440. The van der Waals surface area contributed by atoms with Crippen LogP contribution in [0.15, 0.2) is 12.2 Å². The third-order valence-electron chi connectivity index (χ3n) is 4.25. The molecule has 3 heteroatoms. The fourth-order valence-electron chi connectivity index (χ4n) is 2.75. The van der Waals surface area contributed by atoms with Crippen LogP contribution in [0.25, 0.3) is 0 Å². The van der Waals surface area contributed by atoms with Gasteiger partial charge in [0, 0.05) is 12.2 Å². The fraction of sp³-hybridized carbons (Fsp3) is 0.857. The zero-order valence-corrected chi connectivity index (χ0v) is 16.8. The van der Waals surface area contributed by atoms with E-state index in [1.807, 2.05) is 0 Å². The maximum absolute atomic E-state index is 11.3. The molecule has 0 saturated carbocycles. The van der Waals surface area contributed by atoms with Gasteiger partial charge in [0.25, 0.3) is 0 Å². The highest BCUT2D eigenvalue weighted by molar-refractivity contribution is 7.80. The molecule has 0 amide bonds. The summed E-state index contributed by atoms with van der Waals surface area (Å²) in [4.78, 5) is 11.3. The molecule has 0 aliphatic rings. The largest absolute Gasteiger partial charge is 0.465 e. The monoisotopic (exact) mass is 356 g/mol. The van der Waals surface area contributed by atoms with Crippen LogP contribution in [0.2, 0.25) is 0 Å². The van der Waals surface area contributed by atoms with Gasteiger partial charge in [-0.25, -0.2) is 0 Å². The molecule has 0 unspecified atom stereocenters. The second kappa shape index (κ2) is 20.6. The highest BCUT2D eigenvalue weighted by atomic mass is 32.1. The van der Waals surface area contributed by atoms with Gasteiger partial charge in [-0.3, -0.25) is 4.79 Å². The van der Waals surface area contributed by atoms with Crippen LogP contribution in [0.4, 0.5) is 0 Å². The first-order chi connectivity index (χ1) is 11.8. The van der Waals surface area contributed by atoms with Crippen molar-refractivity contribution in [1.29, 1.82) is 0 Å². The van der Waals surface area contributed by atoms with Gasteiger partial charge < -0.3 is 4.74 Å². The summed E-state index contributed by atoms with van der Waals surface area (Å²) in [6, 6.07) is 0. The molecule has 0 radical (unpaired) electrons. The Morgan fingerprint density at radius 1 is 0.792 bits per heavy atom. The number of allylic oxidation sites excluding steroid dienone is 2. The molecule has 0 aliphatic carbocycles. The summed E-state index contributed by atoms with van der Waals surface area (Å²) in [7, 11) is 0. The van der Waals surface area contributed by atoms with Crippen molar-refractivity contribution < 1.29 is 9.53 Å². The standard InChI is InChI=1S/C21H40O2S/c1-2-3-4-5-6-7-8-9-10-11-12-13-14-15-16-17-18-21(22)23-19-20-24/h12-13,24H,2-11,14-20H2,1H3/b13-12+. The fourth-order valence-corrected chi connectivity index (χ4v) is 2.84. The summed E-state index contributed by atoms with van der Waals surface area (Å²) in [6.45, 7) is 2.71. The third-order valence-corrected chi connectivity index (χ3v) is 4.43. The zero-order chi connectivity index (χ0) is 17.7. The molecule has 0 heterocycles. The van der Waals surface area contributed by atoms with Crippen molar-refractivity contribution in [1.82, 2.24) is 0 Å². The van der Waals surface area contributed by atoms with E-state index in [1.54, 1.807) is 0 Å². The van der Waals surface area contributed by atoms with Crippen LogP contribution in [0, 0.1) is 0 Å². The Morgan fingerprint density at radius 3 is 1.83 bits per heavy atom. The number of esters is 1. The van der Waals surface area contributed by atoms with Crippen LogP contribution in [0.5, 0.6) is 0 Å². The number of hydrogen-bond acceptors (Lipinski definition) is 3. The molecule has 0 saturated heterocycles. The average Bonchev–Trinajstić information content (AvgIpc) is 2.59. The van der Waals surface area contributed by atoms with Gasteiger partial charge in [-0.1, -0.05) is 76.9 Å². The number of hydrogen-bond donors (Lipinski definition) is 1. The molecule has 142 valence electrons. The maximum Gasteiger partial charge on any atom is 0.305 e. The van der Waals surface area contributed by atoms with Crippen LogP contribution in [0.3, 0.4) is 0 Å². The summed E-state index contributed by atoms with van der Waals surface area (Å²) >= 11 is 4.01. The van der Waals surface area contributed by atoms with Gasteiger partial charge in [0.05, 0.1) is 0 Å². The van der Waals surface area contributed by atoms with Gasteiger partial charge in [0.1, 0.15) is 6.61 Å².